The van der Waals surface area contributed by atoms with Gasteiger partial charge in [-0.05, 0) is 57.4 Å². The fourth-order valence-electron chi connectivity index (χ4n) is 4.16. The fourth-order valence-corrected chi connectivity index (χ4v) is 4.16. The number of rotatable bonds is 3. The first-order valence-corrected chi connectivity index (χ1v) is 8.05. The Morgan fingerprint density at radius 1 is 1.11 bits per heavy atom. The molecule has 5 unspecified atom stereocenters. The van der Waals surface area contributed by atoms with Crippen molar-refractivity contribution in [3.8, 4) is 0 Å². The Hall–Kier alpha value is -0.0800. The van der Waals surface area contributed by atoms with Crippen LogP contribution in [-0.4, -0.2) is 34.7 Å². The Labute approximate surface area is 113 Å². The molecule has 1 N–H and O–H groups in total. The smallest absolute Gasteiger partial charge is 0.0695 e. The quantitative estimate of drug-likeness (QED) is 0.833. The molecule has 2 nitrogen and oxygen atoms in total. The van der Waals surface area contributed by atoms with Crippen molar-refractivity contribution in [2.75, 3.05) is 6.54 Å². The highest BCUT2D eigenvalue weighted by Gasteiger charge is 2.36. The summed E-state index contributed by atoms with van der Waals surface area (Å²) < 4.78 is 0. The van der Waals surface area contributed by atoms with Gasteiger partial charge in [-0.3, -0.25) is 4.90 Å². The van der Waals surface area contributed by atoms with Gasteiger partial charge in [0.25, 0.3) is 0 Å². The van der Waals surface area contributed by atoms with Gasteiger partial charge >= 0.3 is 0 Å². The maximum absolute atomic E-state index is 10.3. The zero-order chi connectivity index (χ0) is 13.1. The number of nitrogens with zero attached hydrogens (tertiary/aromatic N) is 1. The molecule has 1 saturated heterocycles. The van der Waals surface area contributed by atoms with E-state index in [0.717, 1.165) is 18.3 Å². The lowest BCUT2D eigenvalue weighted by molar-refractivity contribution is -0.0322. The van der Waals surface area contributed by atoms with E-state index in [2.05, 4.69) is 25.7 Å². The fraction of sp³-hybridized carbons (Fsp3) is 1.00. The van der Waals surface area contributed by atoms with E-state index >= 15 is 0 Å². The lowest BCUT2D eigenvalue weighted by Crippen LogP contribution is -2.53. The highest BCUT2D eigenvalue weighted by molar-refractivity contribution is 4.91. The van der Waals surface area contributed by atoms with Crippen molar-refractivity contribution in [2.45, 2.75) is 83.9 Å². The minimum Gasteiger partial charge on any atom is -0.391 e. The van der Waals surface area contributed by atoms with Crippen LogP contribution in [0.25, 0.3) is 0 Å². The normalized spacial score (nSPS) is 43.0. The lowest BCUT2D eigenvalue weighted by Gasteiger charge is -2.46. The molecule has 2 rings (SSSR count). The Bertz CT molecular complexity index is 255. The molecule has 0 bridgehead atoms. The lowest BCUT2D eigenvalue weighted by atomic mass is 9.79. The third-order valence-corrected chi connectivity index (χ3v) is 5.20. The van der Waals surface area contributed by atoms with E-state index in [-0.39, 0.29) is 6.10 Å². The van der Waals surface area contributed by atoms with E-state index in [1.165, 1.54) is 45.1 Å². The highest BCUT2D eigenvalue weighted by atomic mass is 16.3. The molecule has 0 aromatic rings. The van der Waals surface area contributed by atoms with Gasteiger partial charge in [-0.1, -0.05) is 26.7 Å². The summed E-state index contributed by atoms with van der Waals surface area (Å²) in [5.41, 5.74) is 0. The monoisotopic (exact) mass is 253 g/mol. The van der Waals surface area contributed by atoms with Crippen LogP contribution in [0.2, 0.25) is 0 Å². The van der Waals surface area contributed by atoms with E-state index in [9.17, 15) is 5.11 Å². The first kappa shape index (κ1) is 14.3. The zero-order valence-electron chi connectivity index (χ0n) is 12.4. The van der Waals surface area contributed by atoms with E-state index in [4.69, 9.17) is 0 Å². The highest BCUT2D eigenvalue weighted by Crippen LogP contribution is 2.34. The van der Waals surface area contributed by atoms with Crippen LogP contribution in [0.5, 0.6) is 0 Å². The summed E-state index contributed by atoms with van der Waals surface area (Å²) in [6, 6.07) is 1.10. The second kappa shape index (κ2) is 6.38. The predicted octanol–water partition coefficient (Wildman–Crippen LogP) is 3.44. The average molecular weight is 253 g/mol. The number of hydrogen-bond acceptors (Lipinski definition) is 2. The van der Waals surface area contributed by atoms with Crippen molar-refractivity contribution in [2.24, 2.45) is 11.8 Å². The third-order valence-electron chi connectivity index (χ3n) is 5.20. The average Bonchev–Trinajstić information content (AvgIpc) is 2.33. The molecule has 1 aliphatic heterocycles. The van der Waals surface area contributed by atoms with E-state index in [1.807, 2.05) is 0 Å². The Balaban J connectivity index is 1.96. The van der Waals surface area contributed by atoms with Gasteiger partial charge in [-0.25, -0.2) is 0 Å². The van der Waals surface area contributed by atoms with E-state index in [1.54, 1.807) is 0 Å². The molecule has 1 heterocycles. The van der Waals surface area contributed by atoms with Crippen LogP contribution in [0, 0.1) is 11.8 Å². The SMILES string of the molecule is CCCC1CCC(O)C(N2CCC(C)CC2C)C1. The molecular weight excluding hydrogens is 222 g/mol. The summed E-state index contributed by atoms with van der Waals surface area (Å²) in [4.78, 5) is 2.62. The molecule has 5 atom stereocenters. The molecule has 0 spiro atoms. The molecule has 1 saturated carbocycles. The maximum atomic E-state index is 10.3. The molecule has 106 valence electrons. The van der Waals surface area contributed by atoms with Gasteiger partial charge in [0.1, 0.15) is 0 Å². The van der Waals surface area contributed by atoms with E-state index in [0.29, 0.717) is 12.1 Å². The van der Waals surface area contributed by atoms with Gasteiger partial charge in [0.05, 0.1) is 6.10 Å². The zero-order valence-corrected chi connectivity index (χ0v) is 12.4. The van der Waals surface area contributed by atoms with Crippen LogP contribution in [0.1, 0.15) is 65.7 Å². The van der Waals surface area contributed by atoms with Gasteiger partial charge in [0, 0.05) is 12.1 Å². The first-order chi connectivity index (χ1) is 8.61. The summed E-state index contributed by atoms with van der Waals surface area (Å²) in [7, 11) is 0. The molecule has 18 heavy (non-hydrogen) atoms. The standard InChI is InChI=1S/C16H31NO/c1-4-5-14-6-7-16(18)15(11-14)17-9-8-12(2)10-13(17)3/h12-16,18H,4-11H2,1-3H3. The van der Waals surface area contributed by atoms with Crippen molar-refractivity contribution in [3.05, 3.63) is 0 Å². The molecule has 0 aromatic heterocycles. The third kappa shape index (κ3) is 3.27. The maximum Gasteiger partial charge on any atom is 0.0695 e. The molecule has 2 heteroatoms. The first-order valence-electron chi connectivity index (χ1n) is 8.05. The van der Waals surface area contributed by atoms with Crippen molar-refractivity contribution in [1.29, 1.82) is 0 Å². The predicted molar refractivity (Wildman–Crippen MR) is 76.6 cm³/mol. The summed E-state index contributed by atoms with van der Waals surface area (Å²) >= 11 is 0. The van der Waals surface area contributed by atoms with Crippen molar-refractivity contribution in [3.63, 3.8) is 0 Å². The minimum absolute atomic E-state index is 0.0750. The molecule has 1 aliphatic carbocycles. The Kier molecular flexibility index (Phi) is 5.08. The number of hydrogen-bond donors (Lipinski definition) is 1. The summed E-state index contributed by atoms with van der Waals surface area (Å²) in [5, 5.41) is 10.3. The molecule has 2 aliphatic rings. The van der Waals surface area contributed by atoms with Crippen LogP contribution >= 0.6 is 0 Å². The Morgan fingerprint density at radius 3 is 2.56 bits per heavy atom. The number of aliphatic hydroxyl groups is 1. The van der Waals surface area contributed by atoms with Gasteiger partial charge in [-0.2, -0.15) is 0 Å². The number of aliphatic hydroxyl groups excluding tert-OH is 1. The molecule has 0 aromatic carbocycles. The minimum atomic E-state index is -0.0750. The van der Waals surface area contributed by atoms with Crippen molar-refractivity contribution < 1.29 is 5.11 Å². The van der Waals surface area contributed by atoms with Crippen LogP contribution in [-0.2, 0) is 0 Å². The second-order valence-electron chi connectivity index (χ2n) is 6.82. The summed E-state index contributed by atoms with van der Waals surface area (Å²) in [6.45, 7) is 8.20. The Morgan fingerprint density at radius 2 is 1.89 bits per heavy atom. The molecule has 2 fully saturated rings. The van der Waals surface area contributed by atoms with Crippen LogP contribution in [0.4, 0.5) is 0 Å². The molecule has 0 amide bonds. The number of piperidine rings is 1. The molecule has 0 radical (unpaired) electrons. The van der Waals surface area contributed by atoms with Gasteiger partial charge in [0.2, 0.25) is 0 Å². The summed E-state index contributed by atoms with van der Waals surface area (Å²) in [6.07, 6.45) is 8.68. The van der Waals surface area contributed by atoms with Crippen LogP contribution in [0.3, 0.4) is 0 Å². The van der Waals surface area contributed by atoms with Crippen LogP contribution in [0.15, 0.2) is 0 Å². The van der Waals surface area contributed by atoms with Crippen LogP contribution < -0.4 is 0 Å². The van der Waals surface area contributed by atoms with Crippen molar-refractivity contribution in [1.82, 2.24) is 4.90 Å². The van der Waals surface area contributed by atoms with Gasteiger partial charge < -0.3 is 5.11 Å². The van der Waals surface area contributed by atoms with Crippen molar-refractivity contribution >= 4 is 0 Å². The topological polar surface area (TPSA) is 23.5 Å². The largest absolute Gasteiger partial charge is 0.391 e. The number of likely N-dealkylation sites (tertiary alicyclic amines) is 1. The molecular formula is C16H31NO. The van der Waals surface area contributed by atoms with Gasteiger partial charge in [-0.15, -0.1) is 0 Å². The van der Waals surface area contributed by atoms with Gasteiger partial charge in [0.15, 0.2) is 0 Å². The second-order valence-corrected chi connectivity index (χ2v) is 6.82. The summed E-state index contributed by atoms with van der Waals surface area (Å²) in [5.74, 6) is 1.72. The van der Waals surface area contributed by atoms with E-state index < -0.39 is 0 Å².